The van der Waals surface area contributed by atoms with Crippen molar-refractivity contribution in [2.24, 2.45) is 0 Å². The van der Waals surface area contributed by atoms with Gasteiger partial charge in [-0.05, 0) is 23.8 Å². The first-order chi connectivity index (χ1) is 15.9. The van der Waals surface area contributed by atoms with E-state index in [0.717, 1.165) is 42.8 Å². The van der Waals surface area contributed by atoms with Crippen LogP contribution in [0.15, 0.2) is 59.9 Å². The number of hydrogen-bond acceptors (Lipinski definition) is 7. The summed E-state index contributed by atoms with van der Waals surface area (Å²) in [5.74, 6) is 0.334. The molecule has 0 saturated carbocycles. The van der Waals surface area contributed by atoms with E-state index >= 15 is 0 Å². The molecule has 0 aliphatic carbocycles. The van der Waals surface area contributed by atoms with Crippen LogP contribution in [-0.2, 0) is 10.9 Å². The number of allylic oxidation sites excluding steroid dienone is 1. The second-order valence-electron chi connectivity index (χ2n) is 7.90. The highest BCUT2D eigenvalue weighted by Gasteiger charge is 2.34. The molecule has 10 heteroatoms. The molecular weight excluding hydrogens is 451 g/mol. The first-order valence-corrected chi connectivity index (χ1v) is 11.4. The van der Waals surface area contributed by atoms with Gasteiger partial charge in [0.15, 0.2) is 0 Å². The summed E-state index contributed by atoms with van der Waals surface area (Å²) in [5, 5.41) is 4.89. The Kier molecular flexibility index (Phi) is 5.81. The Morgan fingerprint density at radius 2 is 1.94 bits per heavy atom. The molecule has 6 nitrogen and oxygen atoms in total. The van der Waals surface area contributed by atoms with Crippen molar-refractivity contribution >= 4 is 27.5 Å². The van der Waals surface area contributed by atoms with Crippen molar-refractivity contribution in [1.82, 2.24) is 19.8 Å². The number of nitrogens with one attached hydrogen (secondary N) is 1. The molecule has 1 unspecified atom stereocenters. The summed E-state index contributed by atoms with van der Waals surface area (Å²) in [6, 6.07) is 5.57. The van der Waals surface area contributed by atoms with Crippen LogP contribution in [0.2, 0.25) is 0 Å². The minimum Gasteiger partial charge on any atom is -0.379 e. The van der Waals surface area contributed by atoms with Gasteiger partial charge in [0.05, 0.1) is 40.9 Å². The van der Waals surface area contributed by atoms with E-state index in [1.54, 1.807) is 17.6 Å². The van der Waals surface area contributed by atoms with Crippen LogP contribution < -0.4 is 5.32 Å². The molecule has 3 aromatic rings. The van der Waals surface area contributed by atoms with Gasteiger partial charge in [0.1, 0.15) is 6.17 Å². The number of thiophene rings is 1. The third-order valence-electron chi connectivity index (χ3n) is 5.72. The fourth-order valence-corrected chi connectivity index (χ4v) is 5.00. The topological polar surface area (TPSA) is 53.5 Å². The summed E-state index contributed by atoms with van der Waals surface area (Å²) >= 11 is 1.33. The summed E-state index contributed by atoms with van der Waals surface area (Å²) in [4.78, 5) is 13.4. The molecule has 1 saturated heterocycles. The molecule has 0 bridgehead atoms. The highest BCUT2D eigenvalue weighted by molar-refractivity contribution is 7.17. The average molecular weight is 474 g/mol. The maximum atomic E-state index is 13.6. The zero-order valence-electron chi connectivity index (χ0n) is 17.8. The Labute approximate surface area is 193 Å². The zero-order chi connectivity index (χ0) is 23.0. The number of fused-ring (bicyclic) bond motifs is 1. The highest BCUT2D eigenvalue weighted by Crippen LogP contribution is 2.41. The molecule has 4 heterocycles. The van der Waals surface area contributed by atoms with Crippen LogP contribution in [0.5, 0.6) is 0 Å². The Bertz CT molecular complexity index is 1220. The van der Waals surface area contributed by atoms with Crippen LogP contribution in [0, 0.1) is 0 Å². The Balaban J connectivity index is 1.41. The number of morpholine rings is 1. The predicted molar refractivity (Wildman–Crippen MR) is 123 cm³/mol. The minimum atomic E-state index is -4.45. The zero-order valence-corrected chi connectivity index (χ0v) is 18.7. The van der Waals surface area contributed by atoms with Gasteiger partial charge in [0.25, 0.3) is 0 Å². The number of ether oxygens (including phenoxy) is 1. The van der Waals surface area contributed by atoms with E-state index < -0.39 is 11.7 Å². The van der Waals surface area contributed by atoms with Gasteiger partial charge in [0.2, 0.25) is 5.95 Å². The van der Waals surface area contributed by atoms with Gasteiger partial charge in [-0.1, -0.05) is 18.2 Å². The quantitative estimate of drug-likeness (QED) is 0.588. The normalized spacial score (nSPS) is 19.7. The number of anilines is 1. The van der Waals surface area contributed by atoms with Crippen molar-refractivity contribution < 1.29 is 17.9 Å². The van der Waals surface area contributed by atoms with Crippen molar-refractivity contribution in [3.8, 4) is 11.1 Å². The maximum absolute atomic E-state index is 13.6. The lowest BCUT2D eigenvalue weighted by molar-refractivity contribution is -0.137. The number of rotatable bonds is 4. The number of halogens is 3. The number of likely N-dealkylation sites (N-methyl/N-ethyl adjacent to an activating group) is 1. The number of aromatic nitrogens is 2. The van der Waals surface area contributed by atoms with Crippen LogP contribution in [0.25, 0.3) is 21.3 Å². The molecule has 1 aromatic carbocycles. The van der Waals surface area contributed by atoms with Crippen LogP contribution in [0.1, 0.15) is 5.56 Å². The van der Waals surface area contributed by atoms with Crippen molar-refractivity contribution in [3.63, 3.8) is 0 Å². The van der Waals surface area contributed by atoms with E-state index in [9.17, 15) is 13.2 Å². The second kappa shape index (κ2) is 8.77. The summed E-state index contributed by atoms with van der Waals surface area (Å²) in [6.07, 6.45) is 3.38. The molecule has 2 aliphatic heterocycles. The van der Waals surface area contributed by atoms with E-state index in [1.807, 2.05) is 19.3 Å². The van der Waals surface area contributed by atoms with E-state index in [2.05, 4.69) is 31.2 Å². The molecule has 5 rings (SSSR count). The number of hydrogen-bond donors (Lipinski definition) is 1. The van der Waals surface area contributed by atoms with Crippen molar-refractivity contribution in [2.75, 3.05) is 38.7 Å². The lowest BCUT2D eigenvalue weighted by Crippen LogP contribution is -2.49. The van der Waals surface area contributed by atoms with Gasteiger partial charge in [0, 0.05) is 37.3 Å². The molecule has 172 valence electrons. The Morgan fingerprint density at radius 1 is 1.15 bits per heavy atom. The largest absolute Gasteiger partial charge is 0.417 e. The summed E-state index contributed by atoms with van der Waals surface area (Å²) in [7, 11) is 2.00. The highest BCUT2D eigenvalue weighted by atomic mass is 32.1. The van der Waals surface area contributed by atoms with Crippen LogP contribution in [-0.4, -0.2) is 59.3 Å². The standard InChI is InChI=1S/C23H22F3N5OS/c1-30-13-15(6-7-20(30)31-8-10-32-11-9-31)28-22-27-12-19-21(29-22)17(14-33-19)16-4-2-3-5-18(16)23(24,25)26/h2-7,12-14,20H,8-11H2,1H3,(H,27,28,29). The smallest absolute Gasteiger partial charge is 0.379 e. The molecule has 33 heavy (non-hydrogen) atoms. The molecule has 0 radical (unpaired) electrons. The first-order valence-electron chi connectivity index (χ1n) is 10.5. The fourth-order valence-electron chi connectivity index (χ4n) is 4.13. The van der Waals surface area contributed by atoms with E-state index in [-0.39, 0.29) is 11.7 Å². The second-order valence-corrected chi connectivity index (χ2v) is 8.81. The Hall–Kier alpha value is -2.95. The van der Waals surface area contributed by atoms with Crippen LogP contribution in [0.4, 0.5) is 19.1 Å². The molecular formula is C23H22F3N5OS. The van der Waals surface area contributed by atoms with Crippen LogP contribution in [0.3, 0.4) is 0 Å². The lowest BCUT2D eigenvalue weighted by Gasteiger charge is -2.39. The minimum absolute atomic E-state index is 0.116. The molecule has 2 aliphatic rings. The van der Waals surface area contributed by atoms with Crippen molar-refractivity contribution in [1.29, 1.82) is 0 Å². The Morgan fingerprint density at radius 3 is 2.70 bits per heavy atom. The molecule has 1 N–H and O–H groups in total. The lowest BCUT2D eigenvalue weighted by atomic mass is 10.0. The molecule has 2 aromatic heterocycles. The van der Waals surface area contributed by atoms with Gasteiger partial charge >= 0.3 is 6.18 Å². The average Bonchev–Trinajstić information content (AvgIpc) is 3.22. The van der Waals surface area contributed by atoms with Gasteiger partial charge < -0.3 is 15.0 Å². The molecule has 1 atom stereocenters. The number of alkyl halides is 3. The van der Waals surface area contributed by atoms with Gasteiger partial charge in [-0.3, -0.25) is 4.90 Å². The van der Waals surface area contributed by atoms with E-state index in [1.165, 1.54) is 23.5 Å². The summed E-state index contributed by atoms with van der Waals surface area (Å²) in [5.41, 5.74) is 1.19. The van der Waals surface area contributed by atoms with Gasteiger partial charge in [-0.15, -0.1) is 11.3 Å². The number of nitrogens with zero attached hydrogens (tertiary/aromatic N) is 4. The number of benzene rings is 1. The molecule has 0 spiro atoms. The maximum Gasteiger partial charge on any atom is 0.417 e. The van der Waals surface area contributed by atoms with Crippen molar-refractivity contribution in [2.45, 2.75) is 12.3 Å². The van der Waals surface area contributed by atoms with Crippen molar-refractivity contribution in [3.05, 3.63) is 65.5 Å². The summed E-state index contributed by atoms with van der Waals surface area (Å²) < 4.78 is 46.8. The van der Waals surface area contributed by atoms with Gasteiger partial charge in [-0.25, -0.2) is 9.97 Å². The molecule has 0 amide bonds. The first kappa shape index (κ1) is 21.9. The van der Waals surface area contributed by atoms with E-state index in [0.29, 0.717) is 17.0 Å². The van der Waals surface area contributed by atoms with Crippen LogP contribution >= 0.6 is 11.3 Å². The predicted octanol–water partition coefficient (Wildman–Crippen LogP) is 4.79. The third kappa shape index (κ3) is 4.46. The van der Waals surface area contributed by atoms with Gasteiger partial charge in [-0.2, -0.15) is 13.2 Å². The fraction of sp³-hybridized carbons (Fsp3) is 0.304. The third-order valence-corrected chi connectivity index (χ3v) is 6.63. The monoisotopic (exact) mass is 473 g/mol. The van der Waals surface area contributed by atoms with E-state index in [4.69, 9.17) is 4.74 Å². The summed E-state index contributed by atoms with van der Waals surface area (Å²) in [6.45, 7) is 3.19. The SMILES string of the molecule is CN1C=C(Nc2ncc3scc(-c4ccccc4C(F)(F)F)c3n2)C=CC1N1CCOCC1. The molecule has 1 fully saturated rings.